The van der Waals surface area contributed by atoms with Crippen LogP contribution in [-0.4, -0.2) is 16.1 Å². The molecule has 1 aliphatic carbocycles. The topological polar surface area (TPSA) is 54.9 Å². The zero-order valence-corrected chi connectivity index (χ0v) is 12.5. The molecule has 116 valence electrons. The van der Waals surface area contributed by atoms with Crippen LogP contribution in [0.3, 0.4) is 0 Å². The number of benzene rings is 1. The van der Waals surface area contributed by atoms with Crippen molar-refractivity contribution in [2.45, 2.75) is 18.5 Å². The Balaban J connectivity index is 1.62. The normalized spacial score (nSPS) is 20.7. The van der Waals surface area contributed by atoms with Gasteiger partial charge in [0.15, 0.2) is 0 Å². The Kier molecular flexibility index (Phi) is 3.82. The molecule has 1 aromatic heterocycles. The average molecular weight is 348 g/mol. The molecule has 0 bridgehead atoms. The van der Waals surface area contributed by atoms with E-state index in [9.17, 15) is 18.0 Å². The fourth-order valence-electron chi connectivity index (χ4n) is 2.15. The van der Waals surface area contributed by atoms with Crippen LogP contribution in [0.4, 0.5) is 18.3 Å². The van der Waals surface area contributed by atoms with E-state index >= 15 is 0 Å². The Morgan fingerprint density at radius 2 is 1.95 bits per heavy atom. The van der Waals surface area contributed by atoms with Crippen LogP contribution in [-0.2, 0) is 11.0 Å². The molecule has 1 saturated carbocycles. The van der Waals surface area contributed by atoms with Crippen LogP contribution in [0.2, 0.25) is 5.02 Å². The van der Waals surface area contributed by atoms with Crippen LogP contribution in [0.1, 0.15) is 22.9 Å². The quantitative estimate of drug-likeness (QED) is 0.914. The summed E-state index contributed by atoms with van der Waals surface area (Å²) in [6, 6.07) is 7.16. The number of alkyl halides is 3. The molecule has 0 unspecified atom stereocenters. The third-order valence-electron chi connectivity index (χ3n) is 3.32. The first kappa shape index (κ1) is 15.2. The second kappa shape index (κ2) is 5.51. The molecule has 1 aromatic carbocycles. The maximum absolute atomic E-state index is 12.4. The van der Waals surface area contributed by atoms with Crippen LogP contribution >= 0.6 is 22.9 Å². The Morgan fingerprint density at radius 1 is 1.27 bits per heavy atom. The Morgan fingerprint density at radius 3 is 2.55 bits per heavy atom. The van der Waals surface area contributed by atoms with Gasteiger partial charge in [-0.2, -0.15) is 13.2 Å². The van der Waals surface area contributed by atoms with Gasteiger partial charge in [-0.3, -0.25) is 4.79 Å². The van der Waals surface area contributed by atoms with E-state index in [1.807, 2.05) is 12.1 Å². The fraction of sp³-hybridized carbons (Fsp3) is 0.308. The standard InChI is InChI=1S/C13H9ClF3N3OS/c14-7-3-1-6(2-4-7)8-5-9(8)10(21)18-12-20-19-11(22-12)13(15,16)17/h1-4,8-9H,5H2,(H,18,20,21)/t8-,9-/m1/s1. The van der Waals surface area contributed by atoms with Crippen LogP contribution in [0.5, 0.6) is 0 Å². The molecule has 0 spiro atoms. The van der Waals surface area contributed by atoms with E-state index in [4.69, 9.17) is 11.6 Å². The van der Waals surface area contributed by atoms with Gasteiger partial charge in [-0.05, 0) is 30.0 Å². The van der Waals surface area contributed by atoms with Gasteiger partial charge in [0.1, 0.15) is 0 Å². The molecule has 4 nitrogen and oxygen atoms in total. The average Bonchev–Trinajstić information content (AvgIpc) is 3.10. The zero-order valence-electron chi connectivity index (χ0n) is 10.9. The van der Waals surface area contributed by atoms with Crippen molar-refractivity contribution in [2.24, 2.45) is 5.92 Å². The summed E-state index contributed by atoms with van der Waals surface area (Å²) in [7, 11) is 0. The van der Waals surface area contributed by atoms with E-state index in [0.717, 1.165) is 5.56 Å². The lowest BCUT2D eigenvalue weighted by molar-refractivity contribution is -0.138. The number of nitrogens with zero attached hydrogens (tertiary/aromatic N) is 2. The van der Waals surface area contributed by atoms with Crippen LogP contribution in [0, 0.1) is 5.92 Å². The minimum atomic E-state index is -4.55. The largest absolute Gasteiger partial charge is 0.445 e. The molecule has 1 aliphatic rings. The predicted molar refractivity (Wildman–Crippen MR) is 75.8 cm³/mol. The number of halogens is 4. The smallest absolute Gasteiger partial charge is 0.300 e. The van der Waals surface area contributed by atoms with Crippen molar-refractivity contribution >= 4 is 34.0 Å². The summed E-state index contributed by atoms with van der Waals surface area (Å²) in [5.74, 6) is -0.545. The molecular formula is C13H9ClF3N3OS. The first-order valence-electron chi connectivity index (χ1n) is 6.31. The summed E-state index contributed by atoms with van der Waals surface area (Å²) in [5, 5.41) is 8.14. The van der Waals surface area contributed by atoms with E-state index in [0.29, 0.717) is 22.8 Å². The van der Waals surface area contributed by atoms with E-state index < -0.39 is 11.2 Å². The van der Waals surface area contributed by atoms with Gasteiger partial charge < -0.3 is 5.32 Å². The lowest BCUT2D eigenvalue weighted by Gasteiger charge is -2.01. The van der Waals surface area contributed by atoms with Gasteiger partial charge in [-0.1, -0.05) is 35.1 Å². The maximum Gasteiger partial charge on any atom is 0.445 e. The number of amides is 1. The number of hydrogen-bond donors (Lipinski definition) is 1. The highest BCUT2D eigenvalue weighted by molar-refractivity contribution is 7.15. The number of nitrogens with one attached hydrogen (secondary N) is 1. The highest BCUT2D eigenvalue weighted by atomic mass is 35.5. The van der Waals surface area contributed by atoms with Crippen LogP contribution in [0.15, 0.2) is 24.3 Å². The highest BCUT2D eigenvalue weighted by Crippen LogP contribution is 2.48. The molecule has 2 aromatic rings. The number of aromatic nitrogens is 2. The Bertz CT molecular complexity index is 701. The molecule has 1 heterocycles. The molecule has 0 radical (unpaired) electrons. The third kappa shape index (κ3) is 3.22. The van der Waals surface area contributed by atoms with Crippen molar-refractivity contribution in [3.05, 3.63) is 39.9 Å². The number of carbonyl (C=O) groups is 1. The van der Waals surface area contributed by atoms with Crippen molar-refractivity contribution in [1.29, 1.82) is 0 Å². The molecule has 0 aliphatic heterocycles. The lowest BCUT2D eigenvalue weighted by atomic mass is 10.1. The van der Waals surface area contributed by atoms with Gasteiger partial charge >= 0.3 is 6.18 Å². The fourth-order valence-corrected chi connectivity index (χ4v) is 2.89. The van der Waals surface area contributed by atoms with Crippen molar-refractivity contribution < 1.29 is 18.0 Å². The minimum absolute atomic E-state index is 0.0623. The zero-order chi connectivity index (χ0) is 15.9. The van der Waals surface area contributed by atoms with Crippen LogP contribution in [0.25, 0.3) is 0 Å². The van der Waals surface area contributed by atoms with Gasteiger partial charge in [0, 0.05) is 10.9 Å². The summed E-state index contributed by atoms with van der Waals surface area (Å²) in [6.45, 7) is 0. The third-order valence-corrected chi connectivity index (χ3v) is 4.46. The van der Waals surface area contributed by atoms with Crippen molar-refractivity contribution in [1.82, 2.24) is 10.2 Å². The van der Waals surface area contributed by atoms with Gasteiger partial charge in [0.25, 0.3) is 0 Å². The Labute approximate surface area is 132 Å². The number of hydrogen-bond acceptors (Lipinski definition) is 4. The highest BCUT2D eigenvalue weighted by Gasteiger charge is 2.44. The van der Waals surface area contributed by atoms with Gasteiger partial charge in [-0.15, -0.1) is 10.2 Å². The minimum Gasteiger partial charge on any atom is -0.300 e. The van der Waals surface area contributed by atoms with Crippen LogP contribution < -0.4 is 5.32 Å². The Hall–Kier alpha value is -1.67. The molecule has 0 saturated heterocycles. The van der Waals surface area contributed by atoms with Crippen molar-refractivity contribution in [3.8, 4) is 0 Å². The molecule has 1 fully saturated rings. The van der Waals surface area contributed by atoms with E-state index in [2.05, 4.69) is 15.5 Å². The molecular weight excluding hydrogens is 339 g/mol. The molecule has 1 N–H and O–H groups in total. The summed E-state index contributed by atoms with van der Waals surface area (Å²) < 4.78 is 37.2. The SMILES string of the molecule is O=C(Nc1nnc(C(F)(F)F)s1)[C@@H]1C[C@@H]1c1ccc(Cl)cc1. The summed E-state index contributed by atoms with van der Waals surface area (Å²) in [5.41, 5.74) is 0.984. The second-order valence-corrected chi connectivity index (χ2v) is 6.31. The van der Waals surface area contributed by atoms with Gasteiger partial charge in [0.2, 0.25) is 16.0 Å². The predicted octanol–water partition coefficient (Wildman–Crippen LogP) is 3.95. The first-order valence-corrected chi connectivity index (χ1v) is 7.51. The number of rotatable bonds is 3. The summed E-state index contributed by atoms with van der Waals surface area (Å²) in [6.07, 6.45) is -3.90. The van der Waals surface area contributed by atoms with Crippen molar-refractivity contribution in [3.63, 3.8) is 0 Å². The monoisotopic (exact) mass is 347 g/mol. The van der Waals surface area contributed by atoms with Gasteiger partial charge in [0.05, 0.1) is 0 Å². The van der Waals surface area contributed by atoms with Gasteiger partial charge in [-0.25, -0.2) is 0 Å². The lowest BCUT2D eigenvalue weighted by Crippen LogP contribution is -2.14. The van der Waals surface area contributed by atoms with Crippen molar-refractivity contribution in [2.75, 3.05) is 5.32 Å². The second-order valence-electron chi connectivity index (χ2n) is 4.90. The van der Waals surface area contributed by atoms with E-state index in [1.54, 1.807) is 12.1 Å². The number of carbonyl (C=O) groups excluding carboxylic acids is 1. The molecule has 2 atom stereocenters. The molecule has 9 heteroatoms. The first-order chi connectivity index (χ1) is 10.3. The molecule has 1 amide bonds. The molecule has 22 heavy (non-hydrogen) atoms. The molecule has 3 rings (SSSR count). The number of anilines is 1. The summed E-state index contributed by atoms with van der Waals surface area (Å²) in [4.78, 5) is 12.0. The summed E-state index contributed by atoms with van der Waals surface area (Å²) >= 11 is 6.11. The van der Waals surface area contributed by atoms with E-state index in [-0.39, 0.29) is 22.9 Å². The maximum atomic E-state index is 12.4. The van der Waals surface area contributed by atoms with E-state index in [1.165, 1.54) is 0 Å².